The van der Waals surface area contributed by atoms with Crippen molar-refractivity contribution in [3.8, 4) is 0 Å². The number of aliphatic hydroxyl groups excluding tert-OH is 1. The maximum Gasteiger partial charge on any atom is 0.410 e. The van der Waals surface area contributed by atoms with Crippen molar-refractivity contribution in [1.29, 1.82) is 0 Å². The van der Waals surface area contributed by atoms with E-state index in [9.17, 15) is 18.3 Å². The largest absolute Gasteiger partial charge is 0.444 e. The summed E-state index contributed by atoms with van der Waals surface area (Å²) in [4.78, 5) is 14.0. The number of hydrogen-bond acceptors (Lipinski definition) is 6. The average molecular weight is 388 g/mol. The summed E-state index contributed by atoms with van der Waals surface area (Å²) in [5, 5.41) is 13.5. The number of aromatic nitrogens is 2. The molecule has 1 atom stereocenters. The summed E-state index contributed by atoms with van der Waals surface area (Å²) in [6, 6.07) is -0.186. The minimum Gasteiger partial charge on any atom is -0.444 e. The molecule has 0 aliphatic carbocycles. The van der Waals surface area contributed by atoms with Crippen LogP contribution in [0.15, 0.2) is 11.1 Å². The Kier molecular flexibility index (Phi) is 5.42. The Morgan fingerprint density at radius 2 is 2.00 bits per heavy atom. The van der Waals surface area contributed by atoms with E-state index in [0.717, 1.165) is 0 Å². The van der Waals surface area contributed by atoms with Crippen LogP contribution in [0.4, 0.5) is 4.79 Å². The zero-order valence-corrected chi connectivity index (χ0v) is 16.9. The maximum absolute atomic E-state index is 12.7. The molecular formula is C16H28N4O5S. The molecule has 1 aromatic heterocycles. The Bertz CT molecular complexity index is 779. The molecule has 26 heavy (non-hydrogen) atoms. The van der Waals surface area contributed by atoms with Crippen molar-refractivity contribution in [3.63, 3.8) is 0 Å². The van der Waals surface area contributed by atoms with Crippen LogP contribution in [-0.2, 0) is 27.8 Å². The fraction of sp³-hybridized carbons (Fsp3) is 0.750. The third kappa shape index (κ3) is 4.54. The Hall–Kier alpha value is -1.65. The van der Waals surface area contributed by atoms with Crippen LogP contribution < -0.4 is 4.72 Å². The van der Waals surface area contributed by atoms with Crippen LogP contribution >= 0.6 is 0 Å². The van der Waals surface area contributed by atoms with Crippen LogP contribution in [0, 0.1) is 0 Å². The van der Waals surface area contributed by atoms with Gasteiger partial charge in [-0.3, -0.25) is 9.58 Å². The van der Waals surface area contributed by atoms with Gasteiger partial charge in [0.05, 0.1) is 43.2 Å². The van der Waals surface area contributed by atoms with Crippen LogP contribution in [0.2, 0.25) is 0 Å². The lowest BCUT2D eigenvalue weighted by Crippen LogP contribution is -2.48. The van der Waals surface area contributed by atoms with E-state index >= 15 is 0 Å². The van der Waals surface area contributed by atoms with Crippen LogP contribution in [0.3, 0.4) is 0 Å². The first-order valence-electron chi connectivity index (χ1n) is 8.45. The lowest BCUT2D eigenvalue weighted by molar-refractivity contribution is 0.00874. The number of carbonyl (C=O) groups is 1. The third-order valence-corrected chi connectivity index (χ3v) is 5.66. The van der Waals surface area contributed by atoms with Gasteiger partial charge in [0.25, 0.3) is 0 Å². The lowest BCUT2D eigenvalue weighted by Gasteiger charge is -2.35. The molecule has 9 nitrogen and oxygen atoms in total. The quantitative estimate of drug-likeness (QED) is 0.798. The Morgan fingerprint density at radius 1 is 1.38 bits per heavy atom. The fourth-order valence-electron chi connectivity index (χ4n) is 2.62. The van der Waals surface area contributed by atoms with Crippen molar-refractivity contribution >= 4 is 16.1 Å². The zero-order chi connectivity index (χ0) is 19.9. The number of carbonyl (C=O) groups excluding carboxylic acids is 1. The molecule has 2 N–H and O–H groups in total. The summed E-state index contributed by atoms with van der Waals surface area (Å²) in [6.07, 6.45) is 0.778. The van der Waals surface area contributed by atoms with Gasteiger partial charge < -0.3 is 9.84 Å². The summed E-state index contributed by atoms with van der Waals surface area (Å²) in [6.45, 7) is 10.4. The summed E-state index contributed by atoms with van der Waals surface area (Å²) in [5.74, 6) is 0. The van der Waals surface area contributed by atoms with E-state index in [0.29, 0.717) is 12.2 Å². The highest BCUT2D eigenvalue weighted by Gasteiger charge is 2.36. The van der Waals surface area contributed by atoms with Gasteiger partial charge >= 0.3 is 6.09 Å². The van der Waals surface area contributed by atoms with E-state index in [1.165, 1.54) is 11.1 Å². The van der Waals surface area contributed by atoms with Crippen molar-refractivity contribution < 1.29 is 23.1 Å². The third-order valence-electron chi connectivity index (χ3n) is 3.92. The van der Waals surface area contributed by atoms with Gasteiger partial charge in [0.2, 0.25) is 10.0 Å². The second kappa shape index (κ2) is 6.82. The first kappa shape index (κ1) is 20.7. The van der Waals surface area contributed by atoms with Crippen molar-refractivity contribution in [2.45, 2.75) is 76.7 Å². The molecule has 0 aromatic carbocycles. The molecule has 0 bridgehead atoms. The van der Waals surface area contributed by atoms with E-state index in [2.05, 4.69) is 9.82 Å². The molecule has 148 valence electrons. The number of sulfonamides is 1. The number of nitrogens with one attached hydrogen (secondary N) is 1. The molecule has 1 aromatic rings. The fourth-order valence-corrected chi connectivity index (χ4v) is 4.18. The van der Waals surface area contributed by atoms with Gasteiger partial charge in [-0.1, -0.05) is 0 Å². The molecule has 1 aliphatic heterocycles. The molecule has 2 rings (SSSR count). The zero-order valence-electron chi connectivity index (χ0n) is 16.1. The standard InChI is InChI=1S/C16H28N4O5S/c1-11-8-20-12(9-19(11)14(22)25-15(2,3)4)13(7-17-20)26(23,24)18-16(5,6)10-21/h7,11,18,21H,8-10H2,1-6H3/t11-/m0/s1. The molecule has 0 saturated carbocycles. The van der Waals surface area contributed by atoms with Crippen molar-refractivity contribution in [3.05, 3.63) is 11.9 Å². The summed E-state index contributed by atoms with van der Waals surface area (Å²) in [7, 11) is -3.90. The molecule has 1 aliphatic rings. The van der Waals surface area contributed by atoms with Crippen molar-refractivity contribution in [2.75, 3.05) is 6.61 Å². The minimum absolute atomic E-state index is 0.000478. The van der Waals surface area contributed by atoms with Crippen LogP contribution in [0.1, 0.15) is 47.2 Å². The van der Waals surface area contributed by atoms with Crippen LogP contribution in [0.5, 0.6) is 0 Å². The average Bonchev–Trinajstić information content (AvgIpc) is 2.86. The van der Waals surface area contributed by atoms with Gasteiger partial charge in [0.15, 0.2) is 0 Å². The number of amides is 1. The van der Waals surface area contributed by atoms with Crippen LogP contribution in [0.25, 0.3) is 0 Å². The van der Waals surface area contributed by atoms with Gasteiger partial charge in [-0.05, 0) is 41.5 Å². The second-order valence-electron chi connectivity index (χ2n) is 8.24. The highest BCUT2D eigenvalue weighted by atomic mass is 32.2. The number of hydrogen-bond donors (Lipinski definition) is 2. The molecule has 2 heterocycles. The van der Waals surface area contributed by atoms with Crippen molar-refractivity contribution in [2.24, 2.45) is 0 Å². The molecule has 10 heteroatoms. The number of ether oxygens (including phenoxy) is 1. The van der Waals surface area contributed by atoms with Gasteiger partial charge in [0, 0.05) is 0 Å². The second-order valence-corrected chi connectivity index (χ2v) is 9.89. The molecule has 0 saturated heterocycles. The molecule has 0 radical (unpaired) electrons. The monoisotopic (exact) mass is 388 g/mol. The summed E-state index contributed by atoms with van der Waals surface area (Å²) < 4.78 is 34.9. The topological polar surface area (TPSA) is 114 Å². The van der Waals surface area contributed by atoms with Gasteiger partial charge in [-0.2, -0.15) is 5.10 Å². The van der Waals surface area contributed by atoms with E-state index in [1.54, 1.807) is 39.3 Å². The van der Waals surface area contributed by atoms with E-state index < -0.39 is 27.3 Å². The molecule has 0 spiro atoms. The van der Waals surface area contributed by atoms with E-state index in [1.807, 2.05) is 6.92 Å². The predicted molar refractivity (Wildman–Crippen MR) is 95.0 cm³/mol. The Labute approximate surface area is 154 Å². The summed E-state index contributed by atoms with van der Waals surface area (Å²) >= 11 is 0. The molecule has 0 fully saturated rings. The highest BCUT2D eigenvalue weighted by molar-refractivity contribution is 7.89. The van der Waals surface area contributed by atoms with Crippen molar-refractivity contribution in [1.82, 2.24) is 19.4 Å². The highest BCUT2D eigenvalue weighted by Crippen LogP contribution is 2.26. The smallest absolute Gasteiger partial charge is 0.410 e. The van der Waals surface area contributed by atoms with Gasteiger partial charge in [-0.15, -0.1) is 0 Å². The SMILES string of the molecule is C[C@H]1Cn2ncc(S(=O)(=O)NC(C)(C)CO)c2CN1C(=O)OC(C)(C)C. The Balaban J connectivity index is 2.32. The first-order chi connectivity index (χ1) is 11.8. The Morgan fingerprint density at radius 3 is 2.54 bits per heavy atom. The predicted octanol–water partition coefficient (Wildman–Crippen LogP) is 1.07. The molecule has 1 amide bonds. The normalized spacial score (nSPS) is 18.6. The number of rotatable bonds is 4. The van der Waals surface area contributed by atoms with Crippen LogP contribution in [-0.4, -0.2) is 58.1 Å². The molecular weight excluding hydrogens is 360 g/mol. The minimum atomic E-state index is -3.90. The van der Waals surface area contributed by atoms with Gasteiger partial charge in [0.1, 0.15) is 10.5 Å². The number of nitrogens with zero attached hydrogens (tertiary/aromatic N) is 3. The number of aliphatic hydroxyl groups is 1. The number of fused-ring (bicyclic) bond motifs is 1. The van der Waals surface area contributed by atoms with Gasteiger partial charge in [-0.25, -0.2) is 17.9 Å². The van der Waals surface area contributed by atoms with E-state index in [4.69, 9.17) is 4.74 Å². The summed E-state index contributed by atoms with van der Waals surface area (Å²) in [5.41, 5.74) is -1.24. The van der Waals surface area contributed by atoms with E-state index in [-0.39, 0.29) is 24.1 Å². The molecule has 0 unspecified atom stereocenters. The first-order valence-corrected chi connectivity index (χ1v) is 9.93. The maximum atomic E-state index is 12.7. The lowest BCUT2D eigenvalue weighted by atomic mass is 10.1.